The molecule has 0 aliphatic heterocycles. The SMILES string of the molecule is COC(=O)C=Cc1ccc(OCC(F)(F)C(F)(F)C(F)(F)C(F)(F)COc2ccc(N)cc2N)cc1. The Kier molecular flexibility index (Phi) is 8.32. The third-order valence-corrected chi connectivity index (χ3v) is 4.67. The molecule has 4 N–H and O–H groups in total. The number of benzene rings is 2. The lowest BCUT2D eigenvalue weighted by Gasteiger charge is -2.36. The summed E-state index contributed by atoms with van der Waals surface area (Å²) in [4.78, 5) is 11.0. The molecule has 0 aliphatic carbocycles. The molecule has 2 aromatic rings. The second-order valence-corrected chi connectivity index (χ2v) is 7.36. The van der Waals surface area contributed by atoms with Gasteiger partial charge in [-0.15, -0.1) is 0 Å². The average molecular weight is 528 g/mol. The zero-order valence-corrected chi connectivity index (χ0v) is 18.4. The van der Waals surface area contributed by atoms with Crippen molar-refractivity contribution in [2.24, 2.45) is 0 Å². The minimum Gasteiger partial charge on any atom is -0.487 e. The molecule has 198 valence electrons. The van der Waals surface area contributed by atoms with E-state index >= 15 is 0 Å². The molecule has 0 heterocycles. The van der Waals surface area contributed by atoms with E-state index in [1.807, 2.05) is 0 Å². The number of methoxy groups -OCH3 is 1. The van der Waals surface area contributed by atoms with Gasteiger partial charge in [-0.2, -0.15) is 35.1 Å². The van der Waals surface area contributed by atoms with Crippen molar-refractivity contribution in [3.05, 3.63) is 54.1 Å². The number of ether oxygens (including phenoxy) is 3. The second-order valence-electron chi connectivity index (χ2n) is 7.36. The Labute approximate surface area is 199 Å². The predicted octanol–water partition coefficient (Wildman–Crippen LogP) is 5.04. The summed E-state index contributed by atoms with van der Waals surface area (Å²) in [6, 6.07) is 7.47. The monoisotopic (exact) mass is 528 g/mol. The summed E-state index contributed by atoms with van der Waals surface area (Å²) < 4.78 is 126. The highest BCUT2D eigenvalue weighted by Crippen LogP contribution is 2.52. The summed E-state index contributed by atoms with van der Waals surface area (Å²) in [5.41, 5.74) is 10.8. The molecular weight excluding hydrogens is 508 g/mol. The van der Waals surface area contributed by atoms with E-state index in [9.17, 15) is 39.9 Å². The summed E-state index contributed by atoms with van der Waals surface area (Å²) in [6.45, 7) is -4.74. The molecule has 0 atom stereocenters. The van der Waals surface area contributed by atoms with Crippen LogP contribution in [0.3, 0.4) is 0 Å². The lowest BCUT2D eigenvalue weighted by molar-refractivity contribution is -0.371. The average Bonchev–Trinajstić information content (AvgIpc) is 2.80. The Bertz CT molecular complexity index is 1090. The van der Waals surface area contributed by atoms with E-state index in [0.717, 1.165) is 43.5 Å². The number of rotatable bonds is 11. The van der Waals surface area contributed by atoms with Crippen LogP contribution in [0.2, 0.25) is 0 Å². The normalized spacial score (nSPS) is 13.0. The van der Waals surface area contributed by atoms with Crippen LogP contribution in [0.5, 0.6) is 11.5 Å². The van der Waals surface area contributed by atoms with Crippen molar-refractivity contribution in [2.45, 2.75) is 23.7 Å². The Morgan fingerprint density at radius 1 is 0.833 bits per heavy atom. The second kappa shape index (κ2) is 10.5. The molecule has 2 rings (SSSR count). The van der Waals surface area contributed by atoms with Crippen molar-refractivity contribution in [2.75, 3.05) is 31.8 Å². The molecule has 36 heavy (non-hydrogen) atoms. The minimum absolute atomic E-state index is 0.0652. The van der Waals surface area contributed by atoms with E-state index in [4.69, 9.17) is 11.5 Å². The van der Waals surface area contributed by atoms with Gasteiger partial charge in [0.1, 0.15) is 11.5 Å². The van der Waals surface area contributed by atoms with Crippen molar-refractivity contribution in [1.29, 1.82) is 0 Å². The van der Waals surface area contributed by atoms with E-state index in [1.54, 1.807) is 0 Å². The lowest BCUT2D eigenvalue weighted by Crippen LogP contribution is -2.65. The number of hydrogen-bond acceptors (Lipinski definition) is 6. The summed E-state index contributed by atoms with van der Waals surface area (Å²) in [5, 5.41) is 0. The van der Waals surface area contributed by atoms with Gasteiger partial charge in [0.25, 0.3) is 0 Å². The number of nitrogens with two attached hydrogens (primary N) is 2. The molecular formula is C22H20F8N2O4. The van der Waals surface area contributed by atoms with Gasteiger partial charge in [0, 0.05) is 11.8 Å². The van der Waals surface area contributed by atoms with Gasteiger partial charge in [0.15, 0.2) is 13.2 Å². The predicted molar refractivity (Wildman–Crippen MR) is 114 cm³/mol. The van der Waals surface area contributed by atoms with Crippen LogP contribution in [-0.4, -0.2) is 50.0 Å². The van der Waals surface area contributed by atoms with Crippen LogP contribution in [0.25, 0.3) is 6.08 Å². The number of carbonyl (C=O) groups excluding carboxylic acids is 1. The van der Waals surface area contributed by atoms with Gasteiger partial charge in [0.2, 0.25) is 0 Å². The first-order chi connectivity index (χ1) is 16.5. The smallest absolute Gasteiger partial charge is 0.381 e. The molecule has 14 heteroatoms. The van der Waals surface area contributed by atoms with Crippen LogP contribution < -0.4 is 20.9 Å². The van der Waals surface area contributed by atoms with Crippen molar-refractivity contribution < 1.29 is 54.1 Å². The Morgan fingerprint density at radius 2 is 1.36 bits per heavy atom. The van der Waals surface area contributed by atoms with Crippen LogP contribution >= 0.6 is 0 Å². The van der Waals surface area contributed by atoms with E-state index in [-0.39, 0.29) is 11.4 Å². The van der Waals surface area contributed by atoms with Crippen LogP contribution in [0.4, 0.5) is 46.5 Å². The van der Waals surface area contributed by atoms with Crippen molar-refractivity contribution in [3.63, 3.8) is 0 Å². The van der Waals surface area contributed by atoms with Crippen LogP contribution in [-0.2, 0) is 9.53 Å². The lowest BCUT2D eigenvalue weighted by atomic mass is 9.99. The molecule has 0 unspecified atom stereocenters. The van der Waals surface area contributed by atoms with Crippen LogP contribution in [0.15, 0.2) is 48.5 Å². The highest BCUT2D eigenvalue weighted by Gasteiger charge is 2.81. The maximum absolute atomic E-state index is 14.1. The maximum Gasteiger partial charge on any atom is 0.381 e. The summed E-state index contributed by atoms with van der Waals surface area (Å²) in [6.07, 6.45) is 2.29. The number of esters is 1. The van der Waals surface area contributed by atoms with Gasteiger partial charge in [-0.25, -0.2) is 4.79 Å². The van der Waals surface area contributed by atoms with Crippen molar-refractivity contribution in [1.82, 2.24) is 0 Å². The Hall–Kier alpha value is -3.71. The zero-order chi connectivity index (χ0) is 27.4. The summed E-state index contributed by atoms with van der Waals surface area (Å²) in [5.74, 6) is -26.3. The molecule has 0 aromatic heterocycles. The molecule has 2 aromatic carbocycles. The van der Waals surface area contributed by atoms with Gasteiger partial charge < -0.3 is 25.7 Å². The van der Waals surface area contributed by atoms with Gasteiger partial charge in [-0.3, -0.25) is 0 Å². The van der Waals surface area contributed by atoms with Crippen LogP contribution in [0, 0.1) is 0 Å². The maximum atomic E-state index is 14.1. The summed E-state index contributed by atoms with van der Waals surface area (Å²) in [7, 11) is 1.13. The van der Waals surface area contributed by atoms with Gasteiger partial charge in [0.05, 0.1) is 12.8 Å². The molecule has 0 bridgehead atoms. The molecule has 0 amide bonds. The number of halogens is 8. The van der Waals surface area contributed by atoms with Crippen molar-refractivity contribution in [3.8, 4) is 11.5 Å². The third-order valence-electron chi connectivity index (χ3n) is 4.67. The highest BCUT2D eigenvalue weighted by molar-refractivity contribution is 5.86. The fourth-order valence-corrected chi connectivity index (χ4v) is 2.59. The van der Waals surface area contributed by atoms with Crippen LogP contribution in [0.1, 0.15) is 5.56 Å². The van der Waals surface area contributed by atoms with E-state index in [0.29, 0.717) is 5.56 Å². The third kappa shape index (κ3) is 6.10. The summed E-state index contributed by atoms with van der Waals surface area (Å²) >= 11 is 0. The first-order valence-corrected chi connectivity index (χ1v) is 9.82. The van der Waals surface area contributed by atoms with Crippen molar-refractivity contribution >= 4 is 23.4 Å². The zero-order valence-electron chi connectivity index (χ0n) is 18.4. The topological polar surface area (TPSA) is 96.8 Å². The molecule has 6 nitrogen and oxygen atoms in total. The van der Waals surface area contributed by atoms with Gasteiger partial charge >= 0.3 is 29.7 Å². The minimum atomic E-state index is -6.56. The molecule has 0 spiro atoms. The fourth-order valence-electron chi connectivity index (χ4n) is 2.59. The number of nitrogen functional groups attached to an aromatic ring is 2. The molecule has 0 saturated carbocycles. The number of alkyl halides is 8. The molecule has 0 radical (unpaired) electrons. The number of carbonyl (C=O) groups is 1. The van der Waals surface area contributed by atoms with Gasteiger partial charge in [-0.1, -0.05) is 12.1 Å². The standard InChI is InChI=1S/C22H20F8N2O4/c1-34-18(33)9-4-13-2-6-15(7-3-13)35-11-19(23,24)21(27,28)22(29,30)20(25,26)12-36-17-8-5-14(31)10-16(17)32/h2-10H,11-12,31-32H2,1H3. The molecule has 0 fully saturated rings. The fraction of sp³-hybridized carbons (Fsp3) is 0.318. The first kappa shape index (κ1) is 28.5. The highest BCUT2D eigenvalue weighted by atomic mass is 19.4. The van der Waals surface area contributed by atoms with E-state index in [1.165, 1.54) is 18.2 Å². The Balaban J connectivity index is 2.11. The van der Waals surface area contributed by atoms with Gasteiger partial charge in [-0.05, 0) is 42.0 Å². The Morgan fingerprint density at radius 3 is 1.86 bits per heavy atom. The number of hydrogen-bond donors (Lipinski definition) is 2. The number of anilines is 2. The van der Waals surface area contributed by atoms with E-state index < -0.39 is 54.4 Å². The first-order valence-electron chi connectivity index (χ1n) is 9.82. The largest absolute Gasteiger partial charge is 0.487 e. The molecule has 0 aliphatic rings. The quantitative estimate of drug-likeness (QED) is 0.184. The molecule has 0 saturated heterocycles. The van der Waals surface area contributed by atoms with E-state index in [2.05, 4.69) is 14.2 Å².